The highest BCUT2D eigenvalue weighted by atomic mass is 32.1. The molecule has 114 valence electrons. The molecule has 1 atom stereocenters. The Kier molecular flexibility index (Phi) is 4.03. The summed E-state index contributed by atoms with van der Waals surface area (Å²) in [5, 5.41) is 10.7. The summed E-state index contributed by atoms with van der Waals surface area (Å²) in [6, 6.07) is 0. The standard InChI is InChI=1S/C13H19F3N2OS/c1-12(2)6-8-10(9(19)7-12)20-11(17-8)18(3)5-4-13(14,15)16/h9,19H,4-7H2,1-3H3. The lowest BCUT2D eigenvalue weighted by molar-refractivity contribution is -0.132. The van der Waals surface area contributed by atoms with Gasteiger partial charge in [-0.1, -0.05) is 25.2 Å². The van der Waals surface area contributed by atoms with E-state index in [2.05, 4.69) is 18.8 Å². The van der Waals surface area contributed by atoms with Gasteiger partial charge < -0.3 is 10.0 Å². The number of nitrogens with zero attached hydrogens (tertiary/aromatic N) is 2. The van der Waals surface area contributed by atoms with E-state index in [1.54, 1.807) is 7.05 Å². The molecule has 0 saturated carbocycles. The Hall–Kier alpha value is -0.820. The third kappa shape index (κ3) is 3.63. The van der Waals surface area contributed by atoms with Crippen molar-refractivity contribution in [1.29, 1.82) is 0 Å². The quantitative estimate of drug-likeness (QED) is 0.928. The smallest absolute Gasteiger partial charge is 0.387 e. The molecular weight excluding hydrogens is 289 g/mol. The number of anilines is 1. The molecular formula is C13H19F3N2OS. The molecule has 3 nitrogen and oxygen atoms in total. The van der Waals surface area contributed by atoms with E-state index >= 15 is 0 Å². The highest BCUT2D eigenvalue weighted by Crippen LogP contribution is 2.44. The topological polar surface area (TPSA) is 36.4 Å². The molecule has 0 bridgehead atoms. The Bertz CT molecular complexity index is 484. The van der Waals surface area contributed by atoms with Gasteiger partial charge in [-0.05, 0) is 18.3 Å². The molecule has 2 rings (SSSR count). The average Bonchev–Trinajstić information content (AvgIpc) is 2.67. The predicted octanol–water partition coefficient (Wildman–Crippen LogP) is 3.54. The maximum absolute atomic E-state index is 12.2. The van der Waals surface area contributed by atoms with Crippen molar-refractivity contribution in [2.45, 2.75) is 45.4 Å². The predicted molar refractivity (Wildman–Crippen MR) is 73.1 cm³/mol. The molecule has 20 heavy (non-hydrogen) atoms. The highest BCUT2D eigenvalue weighted by molar-refractivity contribution is 7.15. The first-order valence-electron chi connectivity index (χ1n) is 6.53. The third-order valence-corrected chi connectivity index (χ3v) is 4.78. The first-order chi connectivity index (χ1) is 9.07. The van der Waals surface area contributed by atoms with Crippen molar-refractivity contribution < 1.29 is 18.3 Å². The molecule has 1 unspecified atom stereocenters. The third-order valence-electron chi connectivity index (χ3n) is 3.47. The molecule has 0 radical (unpaired) electrons. The lowest BCUT2D eigenvalue weighted by Crippen LogP contribution is -2.25. The van der Waals surface area contributed by atoms with E-state index in [0.29, 0.717) is 11.6 Å². The number of rotatable bonds is 3. The molecule has 1 aromatic rings. The number of fused-ring (bicyclic) bond motifs is 1. The fraction of sp³-hybridized carbons (Fsp3) is 0.769. The van der Waals surface area contributed by atoms with E-state index in [9.17, 15) is 18.3 Å². The first kappa shape index (κ1) is 15.6. The molecule has 0 spiro atoms. The minimum Gasteiger partial charge on any atom is -0.387 e. The van der Waals surface area contributed by atoms with Crippen LogP contribution in [0.15, 0.2) is 0 Å². The Balaban J connectivity index is 2.12. The highest BCUT2D eigenvalue weighted by Gasteiger charge is 2.35. The average molecular weight is 308 g/mol. The minimum atomic E-state index is -4.16. The van der Waals surface area contributed by atoms with Gasteiger partial charge in [0.05, 0.1) is 23.1 Å². The van der Waals surface area contributed by atoms with Crippen LogP contribution in [0.3, 0.4) is 0 Å². The van der Waals surface area contributed by atoms with Gasteiger partial charge >= 0.3 is 6.18 Å². The Morgan fingerprint density at radius 3 is 2.70 bits per heavy atom. The van der Waals surface area contributed by atoms with Crippen LogP contribution in [0.25, 0.3) is 0 Å². The lowest BCUT2D eigenvalue weighted by atomic mass is 9.77. The van der Waals surface area contributed by atoms with Gasteiger partial charge in [-0.3, -0.25) is 0 Å². The van der Waals surface area contributed by atoms with Crippen molar-refractivity contribution in [1.82, 2.24) is 4.98 Å². The normalized spacial score (nSPS) is 21.6. The van der Waals surface area contributed by atoms with Gasteiger partial charge in [0.2, 0.25) is 0 Å². The van der Waals surface area contributed by atoms with Gasteiger partial charge in [0, 0.05) is 13.6 Å². The molecule has 0 fully saturated rings. The molecule has 1 aliphatic rings. The van der Waals surface area contributed by atoms with Crippen LogP contribution in [-0.4, -0.2) is 29.9 Å². The monoisotopic (exact) mass is 308 g/mol. The van der Waals surface area contributed by atoms with Gasteiger partial charge in [0.1, 0.15) is 0 Å². The van der Waals surface area contributed by atoms with Crippen molar-refractivity contribution >= 4 is 16.5 Å². The van der Waals surface area contributed by atoms with Crippen LogP contribution in [0.1, 0.15) is 43.4 Å². The number of halogens is 3. The fourth-order valence-corrected chi connectivity index (χ4v) is 3.49. The summed E-state index contributed by atoms with van der Waals surface area (Å²) in [7, 11) is 1.60. The summed E-state index contributed by atoms with van der Waals surface area (Å²) in [6.45, 7) is 4.01. The fourth-order valence-electron chi connectivity index (χ4n) is 2.43. The van der Waals surface area contributed by atoms with E-state index in [0.717, 1.165) is 17.0 Å². The second-order valence-corrected chi connectivity index (χ2v) is 7.16. The van der Waals surface area contributed by atoms with Gasteiger partial charge in [-0.25, -0.2) is 4.98 Å². The maximum Gasteiger partial charge on any atom is 0.390 e. The summed E-state index contributed by atoms with van der Waals surface area (Å²) < 4.78 is 36.7. The second-order valence-electron chi connectivity index (χ2n) is 6.16. The van der Waals surface area contributed by atoms with E-state index in [1.807, 2.05) is 0 Å². The van der Waals surface area contributed by atoms with Crippen LogP contribution in [-0.2, 0) is 6.42 Å². The maximum atomic E-state index is 12.2. The van der Waals surface area contributed by atoms with Crippen molar-refractivity contribution in [2.24, 2.45) is 5.41 Å². The molecule has 1 aliphatic carbocycles. The van der Waals surface area contributed by atoms with Crippen LogP contribution in [0, 0.1) is 5.41 Å². The van der Waals surface area contributed by atoms with Crippen LogP contribution in [0.4, 0.5) is 18.3 Å². The molecule has 0 aromatic carbocycles. The molecule has 1 aromatic heterocycles. The van der Waals surface area contributed by atoms with E-state index in [4.69, 9.17) is 0 Å². The zero-order chi connectivity index (χ0) is 15.1. The Morgan fingerprint density at radius 2 is 2.10 bits per heavy atom. The van der Waals surface area contributed by atoms with Gasteiger partial charge in [-0.15, -0.1) is 0 Å². The first-order valence-corrected chi connectivity index (χ1v) is 7.35. The van der Waals surface area contributed by atoms with E-state index in [1.165, 1.54) is 16.2 Å². The molecule has 1 N–H and O–H groups in total. The summed E-state index contributed by atoms with van der Waals surface area (Å²) >= 11 is 1.30. The summed E-state index contributed by atoms with van der Waals surface area (Å²) in [5.74, 6) is 0. The second kappa shape index (κ2) is 5.18. The molecule has 1 heterocycles. The van der Waals surface area contributed by atoms with Gasteiger partial charge in [0.15, 0.2) is 5.13 Å². The van der Waals surface area contributed by atoms with E-state index in [-0.39, 0.29) is 12.0 Å². The van der Waals surface area contributed by atoms with Crippen molar-refractivity contribution in [3.63, 3.8) is 0 Å². The Labute approximate surface area is 120 Å². The molecule has 0 amide bonds. The minimum absolute atomic E-state index is 0.0255. The number of aliphatic hydroxyl groups excluding tert-OH is 1. The number of alkyl halides is 3. The zero-order valence-electron chi connectivity index (χ0n) is 11.8. The lowest BCUT2D eigenvalue weighted by Gasteiger charge is -2.31. The Morgan fingerprint density at radius 1 is 1.45 bits per heavy atom. The summed E-state index contributed by atoms with van der Waals surface area (Å²) in [6.07, 6.45) is -4.17. The number of hydrogen-bond donors (Lipinski definition) is 1. The van der Waals surface area contributed by atoms with Crippen LogP contribution < -0.4 is 4.90 Å². The molecule has 0 aliphatic heterocycles. The SMILES string of the molecule is CN(CCC(F)(F)F)c1nc2c(s1)C(O)CC(C)(C)C2. The van der Waals surface area contributed by atoms with Crippen molar-refractivity contribution in [3.8, 4) is 0 Å². The summed E-state index contributed by atoms with van der Waals surface area (Å²) in [5.41, 5.74) is 0.801. The molecule has 0 saturated heterocycles. The van der Waals surface area contributed by atoms with Gasteiger partial charge in [0.25, 0.3) is 0 Å². The zero-order valence-corrected chi connectivity index (χ0v) is 12.6. The largest absolute Gasteiger partial charge is 0.390 e. The van der Waals surface area contributed by atoms with Gasteiger partial charge in [-0.2, -0.15) is 13.2 Å². The van der Waals surface area contributed by atoms with Crippen LogP contribution >= 0.6 is 11.3 Å². The molecule has 7 heteroatoms. The summed E-state index contributed by atoms with van der Waals surface area (Å²) in [4.78, 5) is 6.73. The van der Waals surface area contributed by atoms with Crippen LogP contribution in [0.2, 0.25) is 0 Å². The number of thiazole rings is 1. The number of aromatic nitrogens is 1. The number of hydrogen-bond acceptors (Lipinski definition) is 4. The van der Waals surface area contributed by atoms with Crippen molar-refractivity contribution in [3.05, 3.63) is 10.6 Å². The number of aliphatic hydroxyl groups is 1. The van der Waals surface area contributed by atoms with Crippen LogP contribution in [0.5, 0.6) is 0 Å². The van der Waals surface area contributed by atoms with E-state index < -0.39 is 18.7 Å². The van der Waals surface area contributed by atoms with Crippen molar-refractivity contribution in [2.75, 3.05) is 18.5 Å².